The Labute approximate surface area is 182 Å². The second kappa shape index (κ2) is 8.31. The normalized spacial score (nSPS) is 20.7. The van der Waals surface area contributed by atoms with Crippen LogP contribution in [0.25, 0.3) is 0 Å². The first-order valence-corrected chi connectivity index (χ1v) is 10.1. The Morgan fingerprint density at radius 2 is 1.81 bits per heavy atom. The molecule has 1 fully saturated rings. The molecule has 1 saturated heterocycles. The Bertz CT molecular complexity index is 1020. The van der Waals surface area contributed by atoms with Gasteiger partial charge in [-0.15, -0.1) is 0 Å². The standard InChI is InChI=1S/C24H27N3O4/c1-23(2,3)31-22(29)27-19(13-14-24(27,4)21(26)28)16-9-11-18(12-10-16)30-20-8-6-5-7-17(20)15-25/h5-12,19H,13-14H2,1-4H3,(H2,26,28)/t19-,24+/m1/s1. The van der Waals surface area contributed by atoms with Crippen LogP contribution in [0.4, 0.5) is 4.79 Å². The Balaban J connectivity index is 1.87. The van der Waals surface area contributed by atoms with E-state index in [0.717, 1.165) is 5.56 Å². The van der Waals surface area contributed by atoms with Gasteiger partial charge in [0, 0.05) is 0 Å². The lowest BCUT2D eigenvalue weighted by atomic mass is 9.98. The maximum atomic E-state index is 13.0. The fraction of sp³-hybridized carbons (Fsp3) is 0.375. The van der Waals surface area contributed by atoms with Gasteiger partial charge in [-0.25, -0.2) is 4.79 Å². The lowest BCUT2D eigenvalue weighted by Crippen LogP contribution is -2.55. The van der Waals surface area contributed by atoms with Gasteiger partial charge in [0.25, 0.3) is 0 Å². The summed E-state index contributed by atoms with van der Waals surface area (Å²) < 4.78 is 11.4. The van der Waals surface area contributed by atoms with E-state index < -0.39 is 23.1 Å². The SMILES string of the molecule is CC(C)(C)OC(=O)N1[C@@H](c2ccc(Oc3ccccc3C#N)cc2)CC[C@@]1(C)C(N)=O. The number of ether oxygens (including phenoxy) is 2. The van der Waals surface area contributed by atoms with E-state index in [-0.39, 0.29) is 6.04 Å². The van der Waals surface area contributed by atoms with Gasteiger partial charge < -0.3 is 15.2 Å². The quantitative estimate of drug-likeness (QED) is 0.772. The fourth-order valence-corrected chi connectivity index (χ4v) is 3.74. The van der Waals surface area contributed by atoms with Crippen LogP contribution in [0, 0.1) is 11.3 Å². The molecule has 31 heavy (non-hydrogen) atoms. The molecule has 2 N–H and O–H groups in total. The van der Waals surface area contributed by atoms with E-state index >= 15 is 0 Å². The van der Waals surface area contributed by atoms with Gasteiger partial charge in [0.2, 0.25) is 5.91 Å². The van der Waals surface area contributed by atoms with Crippen molar-refractivity contribution in [2.75, 3.05) is 0 Å². The molecule has 2 aromatic rings. The molecule has 2 amide bonds. The molecule has 7 heteroatoms. The predicted molar refractivity (Wildman–Crippen MR) is 115 cm³/mol. The lowest BCUT2D eigenvalue weighted by Gasteiger charge is -2.37. The molecule has 1 heterocycles. The number of nitrogens with two attached hydrogens (primary N) is 1. The third-order valence-electron chi connectivity index (χ3n) is 5.37. The molecule has 0 spiro atoms. The topological polar surface area (TPSA) is 106 Å². The van der Waals surface area contributed by atoms with Gasteiger partial charge in [0.1, 0.15) is 28.7 Å². The average Bonchev–Trinajstić information content (AvgIpc) is 3.07. The molecule has 1 aliphatic rings. The largest absolute Gasteiger partial charge is 0.456 e. The smallest absolute Gasteiger partial charge is 0.411 e. The highest BCUT2D eigenvalue weighted by Gasteiger charge is 2.51. The highest BCUT2D eigenvalue weighted by molar-refractivity contribution is 5.89. The van der Waals surface area contributed by atoms with Crippen LogP contribution in [0.1, 0.15) is 57.7 Å². The summed E-state index contributed by atoms with van der Waals surface area (Å²) in [5.41, 5.74) is 5.12. The molecular weight excluding hydrogens is 394 g/mol. The van der Waals surface area contributed by atoms with Crippen LogP contribution in [-0.2, 0) is 9.53 Å². The van der Waals surface area contributed by atoms with Crippen molar-refractivity contribution in [2.45, 2.75) is 57.7 Å². The first kappa shape index (κ1) is 22.2. The van der Waals surface area contributed by atoms with Gasteiger partial charge in [-0.1, -0.05) is 24.3 Å². The van der Waals surface area contributed by atoms with Crippen LogP contribution in [-0.4, -0.2) is 28.0 Å². The molecular formula is C24H27N3O4. The van der Waals surface area contributed by atoms with Gasteiger partial charge in [0.15, 0.2) is 0 Å². The first-order valence-electron chi connectivity index (χ1n) is 10.1. The second-order valence-corrected chi connectivity index (χ2v) is 8.82. The zero-order chi connectivity index (χ0) is 22.8. The maximum Gasteiger partial charge on any atom is 0.411 e. The summed E-state index contributed by atoms with van der Waals surface area (Å²) in [6, 6.07) is 16.0. The highest BCUT2D eigenvalue weighted by Crippen LogP contribution is 2.44. The molecule has 3 rings (SSSR count). The van der Waals surface area contributed by atoms with Gasteiger partial charge in [0.05, 0.1) is 11.6 Å². The van der Waals surface area contributed by atoms with E-state index in [0.29, 0.717) is 29.9 Å². The summed E-state index contributed by atoms with van der Waals surface area (Å²) in [6.07, 6.45) is 0.454. The van der Waals surface area contributed by atoms with Crippen molar-refractivity contribution in [1.29, 1.82) is 5.26 Å². The monoisotopic (exact) mass is 421 g/mol. The second-order valence-electron chi connectivity index (χ2n) is 8.82. The minimum Gasteiger partial charge on any atom is -0.456 e. The molecule has 2 aromatic carbocycles. The van der Waals surface area contributed by atoms with E-state index in [9.17, 15) is 14.9 Å². The molecule has 0 bridgehead atoms. The van der Waals surface area contributed by atoms with Crippen LogP contribution in [0.2, 0.25) is 0 Å². The molecule has 7 nitrogen and oxygen atoms in total. The first-order chi connectivity index (χ1) is 14.5. The van der Waals surface area contributed by atoms with E-state index in [1.165, 1.54) is 4.90 Å². The van der Waals surface area contributed by atoms with Crippen molar-refractivity contribution in [3.05, 3.63) is 59.7 Å². The van der Waals surface area contributed by atoms with Gasteiger partial charge in [-0.2, -0.15) is 5.26 Å². The van der Waals surface area contributed by atoms with Crippen molar-refractivity contribution >= 4 is 12.0 Å². The number of amides is 2. The van der Waals surface area contributed by atoms with Crippen LogP contribution >= 0.6 is 0 Å². The number of rotatable bonds is 4. The summed E-state index contributed by atoms with van der Waals surface area (Å²) in [5, 5.41) is 9.22. The molecule has 0 saturated carbocycles. The summed E-state index contributed by atoms with van der Waals surface area (Å²) in [7, 11) is 0. The zero-order valence-electron chi connectivity index (χ0n) is 18.2. The number of primary amides is 1. The van der Waals surface area contributed by atoms with Crippen molar-refractivity contribution in [2.24, 2.45) is 5.73 Å². The van der Waals surface area contributed by atoms with Crippen molar-refractivity contribution in [3.63, 3.8) is 0 Å². The number of hydrogen-bond donors (Lipinski definition) is 1. The van der Waals surface area contributed by atoms with Crippen LogP contribution in [0.5, 0.6) is 11.5 Å². The Kier molecular flexibility index (Phi) is 5.94. The molecule has 0 aliphatic carbocycles. The van der Waals surface area contributed by atoms with E-state index in [4.69, 9.17) is 15.2 Å². The molecule has 0 aromatic heterocycles. The molecule has 0 radical (unpaired) electrons. The van der Waals surface area contributed by atoms with Crippen LogP contribution in [0.15, 0.2) is 48.5 Å². The number of carbonyl (C=O) groups is 2. The third-order valence-corrected chi connectivity index (χ3v) is 5.37. The Morgan fingerprint density at radius 1 is 1.16 bits per heavy atom. The number of likely N-dealkylation sites (tertiary alicyclic amines) is 1. The van der Waals surface area contributed by atoms with Crippen molar-refractivity contribution in [1.82, 2.24) is 4.90 Å². The van der Waals surface area contributed by atoms with E-state index in [1.807, 2.05) is 12.1 Å². The molecule has 2 atom stereocenters. The lowest BCUT2D eigenvalue weighted by molar-refractivity contribution is -0.128. The van der Waals surface area contributed by atoms with E-state index in [2.05, 4.69) is 6.07 Å². The fourth-order valence-electron chi connectivity index (χ4n) is 3.74. The summed E-state index contributed by atoms with van der Waals surface area (Å²) >= 11 is 0. The molecule has 1 aliphatic heterocycles. The van der Waals surface area contributed by atoms with Gasteiger partial charge in [-0.3, -0.25) is 9.69 Å². The van der Waals surface area contributed by atoms with Crippen LogP contribution in [0.3, 0.4) is 0 Å². The molecule has 162 valence electrons. The number of nitriles is 1. The average molecular weight is 421 g/mol. The maximum absolute atomic E-state index is 13.0. The predicted octanol–water partition coefficient (Wildman–Crippen LogP) is 4.67. The number of benzene rings is 2. The Morgan fingerprint density at radius 3 is 2.39 bits per heavy atom. The summed E-state index contributed by atoms with van der Waals surface area (Å²) in [5.74, 6) is 0.468. The van der Waals surface area contributed by atoms with E-state index in [1.54, 1.807) is 64.1 Å². The summed E-state index contributed by atoms with van der Waals surface area (Å²) in [6.45, 7) is 7.02. The van der Waals surface area contributed by atoms with Gasteiger partial charge >= 0.3 is 6.09 Å². The summed E-state index contributed by atoms with van der Waals surface area (Å²) in [4.78, 5) is 26.7. The molecule has 0 unspecified atom stereocenters. The third kappa shape index (κ3) is 4.64. The van der Waals surface area contributed by atoms with Crippen molar-refractivity contribution < 1.29 is 19.1 Å². The zero-order valence-corrected chi connectivity index (χ0v) is 18.2. The minimum absolute atomic E-state index is 0.354. The number of para-hydroxylation sites is 1. The van der Waals surface area contributed by atoms with Gasteiger partial charge in [-0.05, 0) is 70.4 Å². The Hall–Kier alpha value is -3.53. The number of nitrogens with zero attached hydrogens (tertiary/aromatic N) is 2. The minimum atomic E-state index is -1.13. The number of carbonyl (C=O) groups excluding carboxylic acids is 2. The van der Waals surface area contributed by atoms with Crippen LogP contribution < -0.4 is 10.5 Å². The number of hydrogen-bond acceptors (Lipinski definition) is 5. The van der Waals surface area contributed by atoms with Crippen molar-refractivity contribution in [3.8, 4) is 17.6 Å². The highest BCUT2D eigenvalue weighted by atomic mass is 16.6.